The lowest BCUT2D eigenvalue weighted by Crippen LogP contribution is -2.40. The molecule has 2 amide bonds. The van der Waals surface area contributed by atoms with Crippen molar-refractivity contribution in [3.63, 3.8) is 0 Å². The maximum Gasteiger partial charge on any atom is 0.309 e. The molecule has 0 saturated carbocycles. The number of benzene rings is 1. The fourth-order valence-electron chi connectivity index (χ4n) is 1.26. The zero-order valence-corrected chi connectivity index (χ0v) is 10.8. The van der Waals surface area contributed by atoms with Crippen LogP contribution in [0, 0.1) is 0 Å². The standard InChI is InChI=1S/C12H15ClN2O3/c1-18-6-5-14-11(16)12(17)15-8-9-3-2-4-10(13)7-9/h2-4,7H,5-6,8H2,1H3,(H,14,16)(H,15,17). The molecule has 0 aliphatic carbocycles. The SMILES string of the molecule is COCCNC(=O)C(=O)NCc1cccc(Cl)c1. The van der Waals surface area contributed by atoms with E-state index in [9.17, 15) is 9.59 Å². The van der Waals surface area contributed by atoms with Crippen LogP contribution in [0.5, 0.6) is 0 Å². The van der Waals surface area contributed by atoms with E-state index in [-0.39, 0.29) is 6.54 Å². The van der Waals surface area contributed by atoms with Crippen LogP contribution in [0.15, 0.2) is 24.3 Å². The second-order valence-corrected chi connectivity index (χ2v) is 4.00. The quantitative estimate of drug-likeness (QED) is 0.612. The van der Waals surface area contributed by atoms with Crippen LogP contribution >= 0.6 is 11.6 Å². The minimum Gasteiger partial charge on any atom is -0.383 e. The molecule has 0 heterocycles. The maximum atomic E-state index is 11.4. The van der Waals surface area contributed by atoms with Gasteiger partial charge in [-0.3, -0.25) is 9.59 Å². The molecule has 0 aliphatic heterocycles. The molecule has 1 rings (SSSR count). The number of rotatable bonds is 5. The third-order valence-corrected chi connectivity index (χ3v) is 2.38. The van der Waals surface area contributed by atoms with Crippen LogP contribution in [-0.2, 0) is 20.9 Å². The van der Waals surface area contributed by atoms with Crippen molar-refractivity contribution in [3.8, 4) is 0 Å². The van der Waals surface area contributed by atoms with Crippen LogP contribution < -0.4 is 10.6 Å². The number of carbonyl (C=O) groups excluding carboxylic acids is 2. The minimum absolute atomic E-state index is 0.261. The van der Waals surface area contributed by atoms with E-state index in [4.69, 9.17) is 16.3 Å². The van der Waals surface area contributed by atoms with Crippen LogP contribution in [0.2, 0.25) is 5.02 Å². The van der Waals surface area contributed by atoms with Crippen molar-refractivity contribution in [2.45, 2.75) is 6.54 Å². The number of hydrogen-bond donors (Lipinski definition) is 2. The summed E-state index contributed by atoms with van der Waals surface area (Å²) in [6, 6.07) is 7.06. The first kappa shape index (κ1) is 14.5. The minimum atomic E-state index is -0.675. The average molecular weight is 271 g/mol. The van der Waals surface area contributed by atoms with Gasteiger partial charge in [0.2, 0.25) is 0 Å². The highest BCUT2D eigenvalue weighted by atomic mass is 35.5. The molecule has 1 aromatic rings. The molecule has 0 unspecified atom stereocenters. The third-order valence-electron chi connectivity index (χ3n) is 2.14. The first-order valence-electron chi connectivity index (χ1n) is 5.43. The summed E-state index contributed by atoms with van der Waals surface area (Å²) in [6.07, 6.45) is 0. The molecule has 0 aliphatic rings. The average Bonchev–Trinajstić information content (AvgIpc) is 2.36. The molecule has 0 fully saturated rings. The highest BCUT2D eigenvalue weighted by Crippen LogP contribution is 2.09. The fraction of sp³-hybridized carbons (Fsp3) is 0.333. The molecule has 1 aromatic carbocycles. The second-order valence-electron chi connectivity index (χ2n) is 3.56. The van der Waals surface area contributed by atoms with Gasteiger partial charge in [0.05, 0.1) is 6.61 Å². The lowest BCUT2D eigenvalue weighted by molar-refractivity contribution is -0.139. The number of amides is 2. The molecule has 0 radical (unpaired) electrons. The van der Waals surface area contributed by atoms with E-state index in [1.165, 1.54) is 7.11 Å². The van der Waals surface area contributed by atoms with E-state index in [2.05, 4.69) is 10.6 Å². The van der Waals surface area contributed by atoms with Crippen molar-refractivity contribution in [3.05, 3.63) is 34.9 Å². The topological polar surface area (TPSA) is 67.4 Å². The number of nitrogens with one attached hydrogen (secondary N) is 2. The summed E-state index contributed by atoms with van der Waals surface area (Å²) in [7, 11) is 1.52. The molecule has 0 spiro atoms. The number of carbonyl (C=O) groups is 2. The van der Waals surface area contributed by atoms with E-state index < -0.39 is 11.8 Å². The second kappa shape index (κ2) is 7.68. The first-order chi connectivity index (χ1) is 8.63. The van der Waals surface area contributed by atoms with Gasteiger partial charge >= 0.3 is 11.8 Å². The molecular formula is C12H15ClN2O3. The van der Waals surface area contributed by atoms with Gasteiger partial charge in [-0.15, -0.1) is 0 Å². The Morgan fingerprint density at radius 2 is 2.00 bits per heavy atom. The van der Waals surface area contributed by atoms with Gasteiger partial charge in [0.15, 0.2) is 0 Å². The molecule has 0 aromatic heterocycles. The van der Waals surface area contributed by atoms with Crippen molar-refractivity contribution in [1.82, 2.24) is 10.6 Å². The van der Waals surface area contributed by atoms with Gasteiger partial charge < -0.3 is 15.4 Å². The van der Waals surface area contributed by atoms with Gasteiger partial charge in [0.25, 0.3) is 0 Å². The smallest absolute Gasteiger partial charge is 0.309 e. The van der Waals surface area contributed by atoms with Crippen LogP contribution in [0.3, 0.4) is 0 Å². The Balaban J connectivity index is 2.34. The van der Waals surface area contributed by atoms with Crippen LogP contribution in [0.25, 0.3) is 0 Å². The summed E-state index contributed by atoms with van der Waals surface area (Å²) in [4.78, 5) is 22.7. The maximum absolute atomic E-state index is 11.4. The summed E-state index contributed by atoms with van der Waals surface area (Å²) in [5.41, 5.74) is 0.834. The fourth-order valence-corrected chi connectivity index (χ4v) is 1.47. The Labute approximate surface area is 110 Å². The third kappa shape index (κ3) is 5.16. The molecule has 2 N–H and O–H groups in total. The summed E-state index contributed by atoms with van der Waals surface area (Å²) in [5.74, 6) is -1.35. The summed E-state index contributed by atoms with van der Waals surface area (Å²) in [5, 5.41) is 5.52. The Bertz CT molecular complexity index is 424. The van der Waals surface area contributed by atoms with Crippen molar-refractivity contribution in [1.29, 1.82) is 0 Å². The van der Waals surface area contributed by atoms with Gasteiger partial charge in [0, 0.05) is 25.2 Å². The highest BCUT2D eigenvalue weighted by molar-refractivity contribution is 6.35. The summed E-state index contributed by atoms with van der Waals surface area (Å²) in [6.45, 7) is 0.935. The highest BCUT2D eigenvalue weighted by Gasteiger charge is 2.11. The monoisotopic (exact) mass is 270 g/mol. The van der Waals surface area contributed by atoms with Crippen LogP contribution in [0.1, 0.15) is 5.56 Å². The van der Waals surface area contributed by atoms with Crippen molar-refractivity contribution < 1.29 is 14.3 Å². The van der Waals surface area contributed by atoms with Crippen molar-refractivity contribution in [2.75, 3.05) is 20.3 Å². The van der Waals surface area contributed by atoms with Crippen molar-refractivity contribution in [2.24, 2.45) is 0 Å². The predicted octanol–water partition coefficient (Wildman–Crippen LogP) is 0.719. The number of hydrogen-bond acceptors (Lipinski definition) is 3. The predicted molar refractivity (Wildman–Crippen MR) is 68.2 cm³/mol. The van der Waals surface area contributed by atoms with E-state index in [1.807, 2.05) is 6.07 Å². The van der Waals surface area contributed by atoms with Crippen LogP contribution in [0.4, 0.5) is 0 Å². The molecular weight excluding hydrogens is 256 g/mol. The van der Waals surface area contributed by atoms with Gasteiger partial charge in [-0.1, -0.05) is 23.7 Å². The summed E-state index contributed by atoms with van der Waals surface area (Å²) < 4.78 is 4.75. The van der Waals surface area contributed by atoms with Gasteiger partial charge in [-0.2, -0.15) is 0 Å². The largest absolute Gasteiger partial charge is 0.383 e. The molecule has 98 valence electrons. The molecule has 0 saturated heterocycles. The Kier molecular flexibility index (Phi) is 6.18. The van der Waals surface area contributed by atoms with Gasteiger partial charge in [-0.25, -0.2) is 0 Å². The molecule has 5 nitrogen and oxygen atoms in total. The van der Waals surface area contributed by atoms with E-state index in [1.54, 1.807) is 18.2 Å². The van der Waals surface area contributed by atoms with Crippen LogP contribution in [-0.4, -0.2) is 32.1 Å². The molecule has 18 heavy (non-hydrogen) atoms. The zero-order valence-electron chi connectivity index (χ0n) is 10.0. The van der Waals surface area contributed by atoms with E-state index >= 15 is 0 Å². The van der Waals surface area contributed by atoms with Gasteiger partial charge in [0.1, 0.15) is 0 Å². The Morgan fingerprint density at radius 3 is 2.67 bits per heavy atom. The number of methoxy groups -OCH3 is 1. The Morgan fingerprint density at radius 1 is 1.28 bits per heavy atom. The zero-order chi connectivity index (χ0) is 13.4. The molecule has 0 bridgehead atoms. The van der Waals surface area contributed by atoms with Gasteiger partial charge in [-0.05, 0) is 17.7 Å². The molecule has 0 atom stereocenters. The van der Waals surface area contributed by atoms with E-state index in [0.29, 0.717) is 18.2 Å². The number of ether oxygens (including phenoxy) is 1. The van der Waals surface area contributed by atoms with E-state index in [0.717, 1.165) is 5.56 Å². The molecule has 6 heteroatoms. The lowest BCUT2D eigenvalue weighted by Gasteiger charge is -2.06. The summed E-state index contributed by atoms with van der Waals surface area (Å²) >= 11 is 5.80. The normalized spacial score (nSPS) is 9.89. The number of halogens is 1. The first-order valence-corrected chi connectivity index (χ1v) is 5.80. The Hall–Kier alpha value is -1.59. The van der Waals surface area contributed by atoms with Crippen molar-refractivity contribution >= 4 is 23.4 Å². The lowest BCUT2D eigenvalue weighted by atomic mass is 10.2.